The maximum absolute atomic E-state index is 13.3. The molecule has 1 atom stereocenters. The van der Waals surface area contributed by atoms with E-state index < -0.39 is 17.8 Å². The number of carboxylic acid groups (broad SMARTS) is 1. The van der Waals surface area contributed by atoms with Gasteiger partial charge in [0.2, 0.25) is 0 Å². The Kier molecular flexibility index (Phi) is 4.48. The minimum absolute atomic E-state index is 0.0859. The summed E-state index contributed by atoms with van der Waals surface area (Å²) in [4.78, 5) is 13.0. The highest BCUT2D eigenvalue weighted by Gasteiger charge is 2.28. The molecule has 18 heavy (non-hydrogen) atoms. The third-order valence-corrected chi connectivity index (χ3v) is 4.22. The van der Waals surface area contributed by atoms with Crippen molar-refractivity contribution in [3.05, 3.63) is 34.6 Å². The molecule has 98 valence electrons. The zero-order valence-electron chi connectivity index (χ0n) is 9.60. The lowest BCUT2D eigenvalue weighted by molar-refractivity contribution is -0.142. The summed E-state index contributed by atoms with van der Waals surface area (Å²) < 4.78 is 13.3. The van der Waals surface area contributed by atoms with Crippen molar-refractivity contribution in [1.82, 2.24) is 4.90 Å². The lowest BCUT2D eigenvalue weighted by Gasteiger charge is -2.32. The summed E-state index contributed by atoms with van der Waals surface area (Å²) >= 11 is 7.25. The zero-order valence-corrected chi connectivity index (χ0v) is 11.2. The Morgan fingerprint density at radius 1 is 1.61 bits per heavy atom. The fraction of sp³-hybridized carbons (Fsp3) is 0.417. The van der Waals surface area contributed by atoms with E-state index in [0.717, 1.165) is 11.3 Å². The Morgan fingerprint density at radius 2 is 2.39 bits per heavy atom. The fourth-order valence-corrected chi connectivity index (χ4v) is 3.15. The smallest absolute Gasteiger partial charge is 0.321 e. The van der Waals surface area contributed by atoms with Crippen LogP contribution in [0.1, 0.15) is 5.56 Å². The van der Waals surface area contributed by atoms with Crippen molar-refractivity contribution in [2.75, 3.05) is 18.1 Å². The summed E-state index contributed by atoms with van der Waals surface area (Å²) in [7, 11) is 0. The first-order valence-electron chi connectivity index (χ1n) is 5.56. The third-order valence-electron chi connectivity index (χ3n) is 2.89. The molecule has 1 aromatic rings. The van der Waals surface area contributed by atoms with Gasteiger partial charge in [-0.25, -0.2) is 4.39 Å². The van der Waals surface area contributed by atoms with Crippen LogP contribution >= 0.6 is 23.4 Å². The Balaban J connectivity index is 2.10. The number of thioether (sulfide) groups is 1. The molecule has 0 aromatic heterocycles. The number of benzene rings is 1. The predicted octanol–water partition coefficient (Wildman–Crippen LogP) is 2.48. The first-order chi connectivity index (χ1) is 8.58. The zero-order chi connectivity index (χ0) is 13.1. The van der Waals surface area contributed by atoms with Gasteiger partial charge in [0.15, 0.2) is 0 Å². The summed E-state index contributed by atoms with van der Waals surface area (Å²) in [5.41, 5.74) is 0.745. The van der Waals surface area contributed by atoms with Gasteiger partial charge in [-0.1, -0.05) is 17.7 Å². The first-order valence-corrected chi connectivity index (χ1v) is 7.09. The molecular formula is C12H13ClFNO2S. The van der Waals surface area contributed by atoms with E-state index in [1.807, 2.05) is 4.90 Å². The SMILES string of the molecule is O=C(O)C1CSCCN1Cc1ccc(Cl)c(F)c1. The van der Waals surface area contributed by atoms with Gasteiger partial charge in [0.1, 0.15) is 11.9 Å². The maximum Gasteiger partial charge on any atom is 0.321 e. The molecule has 0 radical (unpaired) electrons. The Bertz CT molecular complexity index is 458. The van der Waals surface area contributed by atoms with Crippen LogP contribution in [0.5, 0.6) is 0 Å². The number of nitrogens with zero attached hydrogens (tertiary/aromatic N) is 1. The van der Waals surface area contributed by atoms with E-state index in [0.29, 0.717) is 18.8 Å². The van der Waals surface area contributed by atoms with Crippen LogP contribution in [0.4, 0.5) is 4.39 Å². The van der Waals surface area contributed by atoms with Crippen molar-refractivity contribution in [2.24, 2.45) is 0 Å². The second-order valence-electron chi connectivity index (χ2n) is 4.15. The summed E-state index contributed by atoms with van der Waals surface area (Å²) in [5, 5.41) is 9.22. The van der Waals surface area contributed by atoms with Gasteiger partial charge in [-0.3, -0.25) is 9.69 Å². The van der Waals surface area contributed by atoms with Gasteiger partial charge in [-0.05, 0) is 17.7 Å². The normalized spacial score (nSPS) is 20.9. The highest BCUT2D eigenvalue weighted by Crippen LogP contribution is 2.21. The van der Waals surface area contributed by atoms with Crippen LogP contribution in [0, 0.1) is 5.82 Å². The molecule has 1 unspecified atom stereocenters. The quantitative estimate of drug-likeness (QED) is 0.928. The average Bonchev–Trinajstić information content (AvgIpc) is 2.34. The first kappa shape index (κ1) is 13.6. The number of aliphatic carboxylic acids is 1. The molecule has 1 saturated heterocycles. The van der Waals surface area contributed by atoms with Crippen LogP contribution in [-0.2, 0) is 11.3 Å². The van der Waals surface area contributed by atoms with Crippen molar-refractivity contribution in [3.63, 3.8) is 0 Å². The van der Waals surface area contributed by atoms with Crippen LogP contribution in [0.25, 0.3) is 0 Å². The lowest BCUT2D eigenvalue weighted by atomic mass is 10.1. The largest absolute Gasteiger partial charge is 0.480 e. The maximum atomic E-state index is 13.3. The van der Waals surface area contributed by atoms with E-state index in [1.165, 1.54) is 12.1 Å². The van der Waals surface area contributed by atoms with E-state index in [2.05, 4.69) is 0 Å². The van der Waals surface area contributed by atoms with Crippen molar-refractivity contribution < 1.29 is 14.3 Å². The Hall–Kier alpha value is -0.780. The second-order valence-corrected chi connectivity index (χ2v) is 5.70. The molecule has 0 spiro atoms. The lowest BCUT2D eigenvalue weighted by Crippen LogP contribution is -2.46. The molecule has 1 aliphatic rings. The van der Waals surface area contributed by atoms with Gasteiger partial charge in [-0.2, -0.15) is 11.8 Å². The Morgan fingerprint density at radius 3 is 3.06 bits per heavy atom. The third kappa shape index (κ3) is 3.16. The summed E-state index contributed by atoms with van der Waals surface area (Å²) in [6.45, 7) is 1.14. The molecule has 1 heterocycles. The summed E-state index contributed by atoms with van der Waals surface area (Å²) in [5.74, 6) is 0.190. The van der Waals surface area contributed by atoms with E-state index >= 15 is 0 Å². The molecule has 0 bridgehead atoms. The van der Waals surface area contributed by atoms with Crippen molar-refractivity contribution in [2.45, 2.75) is 12.6 Å². The molecule has 0 saturated carbocycles. The molecule has 2 rings (SSSR count). The van der Waals surface area contributed by atoms with Crippen LogP contribution in [0.2, 0.25) is 5.02 Å². The van der Waals surface area contributed by atoms with E-state index in [9.17, 15) is 9.18 Å². The fourth-order valence-electron chi connectivity index (χ4n) is 1.93. The topological polar surface area (TPSA) is 40.5 Å². The van der Waals surface area contributed by atoms with Gasteiger partial charge in [-0.15, -0.1) is 0 Å². The van der Waals surface area contributed by atoms with Crippen LogP contribution < -0.4 is 0 Å². The number of carboxylic acids is 1. The number of halogens is 2. The minimum Gasteiger partial charge on any atom is -0.480 e. The standard InChI is InChI=1S/C12H13ClFNO2S/c13-9-2-1-8(5-10(9)14)6-15-3-4-18-7-11(15)12(16)17/h1-2,5,11H,3-4,6-7H2,(H,16,17). The van der Waals surface area contributed by atoms with E-state index in [1.54, 1.807) is 17.8 Å². The predicted molar refractivity (Wildman–Crippen MR) is 70.6 cm³/mol. The molecule has 0 aliphatic carbocycles. The monoisotopic (exact) mass is 289 g/mol. The number of carbonyl (C=O) groups is 1. The summed E-state index contributed by atoms with van der Waals surface area (Å²) in [6.07, 6.45) is 0. The van der Waals surface area contributed by atoms with Crippen molar-refractivity contribution in [1.29, 1.82) is 0 Å². The van der Waals surface area contributed by atoms with Crippen LogP contribution in [-0.4, -0.2) is 40.1 Å². The van der Waals surface area contributed by atoms with Crippen LogP contribution in [0.3, 0.4) is 0 Å². The minimum atomic E-state index is -0.823. The van der Waals surface area contributed by atoms with Gasteiger partial charge in [0, 0.05) is 24.6 Å². The molecule has 1 fully saturated rings. The van der Waals surface area contributed by atoms with E-state index in [-0.39, 0.29) is 5.02 Å². The van der Waals surface area contributed by atoms with Gasteiger partial charge in [0.05, 0.1) is 5.02 Å². The average molecular weight is 290 g/mol. The molecular weight excluding hydrogens is 277 g/mol. The van der Waals surface area contributed by atoms with E-state index in [4.69, 9.17) is 16.7 Å². The molecule has 1 aromatic carbocycles. The van der Waals surface area contributed by atoms with Crippen LogP contribution in [0.15, 0.2) is 18.2 Å². The second kappa shape index (κ2) is 5.91. The summed E-state index contributed by atoms with van der Waals surface area (Å²) in [6, 6.07) is 4.10. The molecule has 1 N–H and O–H groups in total. The van der Waals surface area contributed by atoms with Crippen molar-refractivity contribution in [3.8, 4) is 0 Å². The van der Waals surface area contributed by atoms with Gasteiger partial charge < -0.3 is 5.11 Å². The highest BCUT2D eigenvalue weighted by atomic mass is 35.5. The number of hydrogen-bond donors (Lipinski definition) is 1. The van der Waals surface area contributed by atoms with Gasteiger partial charge in [0.25, 0.3) is 0 Å². The highest BCUT2D eigenvalue weighted by molar-refractivity contribution is 7.99. The number of hydrogen-bond acceptors (Lipinski definition) is 3. The number of rotatable bonds is 3. The van der Waals surface area contributed by atoms with Gasteiger partial charge >= 0.3 is 5.97 Å². The van der Waals surface area contributed by atoms with Crippen molar-refractivity contribution >= 4 is 29.3 Å². The molecule has 3 nitrogen and oxygen atoms in total. The molecule has 0 amide bonds. The Labute approximate surface area is 114 Å². The molecule has 6 heteroatoms. The molecule has 1 aliphatic heterocycles.